The first-order valence-corrected chi connectivity index (χ1v) is 4.97. The third-order valence-corrected chi connectivity index (χ3v) is 2.43. The van der Waals surface area contributed by atoms with Crippen LogP contribution in [0.25, 0.3) is 11.4 Å². The number of aryl methyl sites for hydroxylation is 1. The van der Waals surface area contributed by atoms with Gasteiger partial charge in [-0.2, -0.15) is 0 Å². The van der Waals surface area contributed by atoms with Crippen LogP contribution in [0.1, 0.15) is 0 Å². The van der Waals surface area contributed by atoms with Crippen molar-refractivity contribution in [3.63, 3.8) is 0 Å². The first-order valence-electron chi connectivity index (χ1n) is 4.15. The van der Waals surface area contributed by atoms with E-state index < -0.39 is 0 Å². The smallest absolute Gasteiger partial charge is 0.141 e. The zero-order valence-electron chi connectivity index (χ0n) is 7.61. The minimum absolute atomic E-state index is 0.720. The number of aromatic nitrogens is 2. The highest BCUT2D eigenvalue weighted by atomic mass is 35.5. The van der Waals surface area contributed by atoms with Crippen LogP contribution in [0.2, 0.25) is 5.02 Å². The fraction of sp³-hybridized carbons (Fsp3) is 0.100. The molecule has 0 saturated heterocycles. The molecule has 1 heterocycles. The van der Waals surface area contributed by atoms with Gasteiger partial charge >= 0.3 is 0 Å². The van der Waals surface area contributed by atoms with Gasteiger partial charge < -0.3 is 4.57 Å². The van der Waals surface area contributed by atoms with E-state index in [4.69, 9.17) is 11.6 Å². The summed E-state index contributed by atoms with van der Waals surface area (Å²) < 4.78 is 1.94. The topological polar surface area (TPSA) is 17.8 Å². The summed E-state index contributed by atoms with van der Waals surface area (Å²) in [5.41, 5.74) is 1.04. The monoisotopic (exact) mass is 224 g/mol. The van der Waals surface area contributed by atoms with Gasteiger partial charge in [0.1, 0.15) is 10.9 Å². The standard InChI is InChI=1S/C10H9ClN2S/c1-13-6-9(14)12-10(13)7-2-4-8(11)5-3-7/h2-6,14H,1H3. The first kappa shape index (κ1) is 9.62. The summed E-state index contributed by atoms with van der Waals surface area (Å²) in [4.78, 5) is 4.29. The van der Waals surface area contributed by atoms with E-state index in [-0.39, 0.29) is 0 Å². The molecule has 0 bridgehead atoms. The summed E-state index contributed by atoms with van der Waals surface area (Å²) in [7, 11) is 1.94. The summed E-state index contributed by atoms with van der Waals surface area (Å²) in [5.74, 6) is 0.895. The van der Waals surface area contributed by atoms with Gasteiger partial charge in [0.05, 0.1) is 0 Å². The largest absolute Gasteiger partial charge is 0.333 e. The van der Waals surface area contributed by atoms with Crippen LogP contribution in [-0.4, -0.2) is 9.55 Å². The Balaban J connectivity index is 2.49. The molecule has 2 aromatic rings. The van der Waals surface area contributed by atoms with Gasteiger partial charge in [-0.05, 0) is 24.3 Å². The summed E-state index contributed by atoms with van der Waals surface area (Å²) >= 11 is 9.99. The van der Waals surface area contributed by atoms with Crippen molar-refractivity contribution in [1.82, 2.24) is 9.55 Å². The normalized spacial score (nSPS) is 10.5. The zero-order chi connectivity index (χ0) is 10.1. The third kappa shape index (κ3) is 1.79. The third-order valence-electron chi connectivity index (χ3n) is 1.97. The molecular formula is C10H9ClN2S. The quantitative estimate of drug-likeness (QED) is 0.738. The van der Waals surface area contributed by atoms with Crippen LogP contribution in [0.15, 0.2) is 35.5 Å². The molecule has 0 atom stereocenters. The Hall–Kier alpha value is -0.930. The van der Waals surface area contributed by atoms with Crippen LogP contribution in [0.3, 0.4) is 0 Å². The minimum Gasteiger partial charge on any atom is -0.333 e. The number of hydrogen-bond donors (Lipinski definition) is 1. The number of halogens is 1. The molecule has 14 heavy (non-hydrogen) atoms. The number of thiol groups is 1. The molecule has 0 spiro atoms. The lowest BCUT2D eigenvalue weighted by molar-refractivity contribution is 0.923. The molecule has 0 N–H and O–H groups in total. The Labute approximate surface area is 93.0 Å². The molecule has 0 radical (unpaired) electrons. The molecule has 2 rings (SSSR count). The lowest BCUT2D eigenvalue weighted by Gasteiger charge is -2.00. The average Bonchev–Trinajstić information content (AvgIpc) is 2.47. The maximum absolute atomic E-state index is 5.80. The lowest BCUT2D eigenvalue weighted by Crippen LogP contribution is -1.90. The molecule has 0 unspecified atom stereocenters. The number of nitrogens with zero attached hydrogens (tertiary/aromatic N) is 2. The SMILES string of the molecule is Cn1cc(S)nc1-c1ccc(Cl)cc1. The van der Waals surface area contributed by atoms with Crippen LogP contribution < -0.4 is 0 Å². The van der Waals surface area contributed by atoms with E-state index in [1.807, 2.05) is 42.1 Å². The van der Waals surface area contributed by atoms with Crippen LogP contribution in [0, 0.1) is 0 Å². The second-order valence-corrected chi connectivity index (χ2v) is 3.94. The Kier molecular flexibility index (Phi) is 2.52. The number of imidazole rings is 1. The van der Waals surface area contributed by atoms with Crippen molar-refractivity contribution in [2.75, 3.05) is 0 Å². The summed E-state index contributed by atoms with van der Waals surface area (Å²) in [6.07, 6.45) is 1.87. The van der Waals surface area contributed by atoms with Gasteiger partial charge in [0.25, 0.3) is 0 Å². The van der Waals surface area contributed by atoms with Crippen LogP contribution >= 0.6 is 24.2 Å². The van der Waals surface area contributed by atoms with E-state index in [0.29, 0.717) is 0 Å². The van der Waals surface area contributed by atoms with Crippen molar-refractivity contribution in [3.8, 4) is 11.4 Å². The van der Waals surface area contributed by atoms with Crippen molar-refractivity contribution in [2.45, 2.75) is 5.03 Å². The average molecular weight is 225 g/mol. The number of hydrogen-bond acceptors (Lipinski definition) is 2. The van der Waals surface area contributed by atoms with Crippen molar-refractivity contribution < 1.29 is 0 Å². The van der Waals surface area contributed by atoms with E-state index in [9.17, 15) is 0 Å². The molecule has 1 aromatic heterocycles. The van der Waals surface area contributed by atoms with Gasteiger partial charge in [0.15, 0.2) is 0 Å². The van der Waals surface area contributed by atoms with E-state index >= 15 is 0 Å². The zero-order valence-corrected chi connectivity index (χ0v) is 9.26. The molecule has 0 amide bonds. The van der Waals surface area contributed by atoms with E-state index in [2.05, 4.69) is 17.6 Å². The molecule has 0 saturated carbocycles. The summed E-state index contributed by atoms with van der Waals surface area (Å²) in [5, 5.41) is 1.45. The molecule has 0 fully saturated rings. The fourth-order valence-corrected chi connectivity index (χ4v) is 1.71. The van der Waals surface area contributed by atoms with Gasteiger partial charge in [0, 0.05) is 23.8 Å². The summed E-state index contributed by atoms with van der Waals surface area (Å²) in [6, 6.07) is 7.59. The highest BCUT2D eigenvalue weighted by Gasteiger charge is 2.04. The van der Waals surface area contributed by atoms with Crippen molar-refractivity contribution in [2.24, 2.45) is 7.05 Å². The Morgan fingerprint density at radius 2 is 1.93 bits per heavy atom. The van der Waals surface area contributed by atoms with Crippen LogP contribution in [0.5, 0.6) is 0 Å². The minimum atomic E-state index is 0.720. The van der Waals surface area contributed by atoms with Gasteiger partial charge in [0.2, 0.25) is 0 Å². The maximum Gasteiger partial charge on any atom is 0.141 e. The Morgan fingerprint density at radius 1 is 1.29 bits per heavy atom. The molecule has 4 heteroatoms. The molecular weight excluding hydrogens is 216 g/mol. The van der Waals surface area contributed by atoms with Gasteiger partial charge in [-0.3, -0.25) is 0 Å². The van der Waals surface area contributed by atoms with E-state index in [1.54, 1.807) is 0 Å². The van der Waals surface area contributed by atoms with Crippen molar-refractivity contribution >= 4 is 24.2 Å². The molecule has 72 valence electrons. The van der Waals surface area contributed by atoms with Crippen molar-refractivity contribution in [3.05, 3.63) is 35.5 Å². The fourth-order valence-electron chi connectivity index (χ4n) is 1.32. The van der Waals surface area contributed by atoms with E-state index in [1.165, 1.54) is 0 Å². The van der Waals surface area contributed by atoms with Crippen molar-refractivity contribution in [1.29, 1.82) is 0 Å². The molecule has 0 aliphatic carbocycles. The van der Waals surface area contributed by atoms with Gasteiger partial charge in [-0.25, -0.2) is 4.98 Å². The predicted molar refractivity (Wildman–Crippen MR) is 60.9 cm³/mol. The highest BCUT2D eigenvalue weighted by Crippen LogP contribution is 2.21. The van der Waals surface area contributed by atoms with Gasteiger partial charge in [-0.1, -0.05) is 11.6 Å². The second kappa shape index (κ2) is 3.67. The van der Waals surface area contributed by atoms with Gasteiger partial charge in [-0.15, -0.1) is 12.6 Å². The highest BCUT2D eigenvalue weighted by molar-refractivity contribution is 7.80. The molecule has 0 aliphatic heterocycles. The number of rotatable bonds is 1. The Morgan fingerprint density at radius 3 is 2.43 bits per heavy atom. The number of benzene rings is 1. The van der Waals surface area contributed by atoms with Crippen LogP contribution in [-0.2, 0) is 7.05 Å². The molecule has 0 aliphatic rings. The first-order chi connectivity index (χ1) is 6.66. The molecule has 1 aromatic carbocycles. The summed E-state index contributed by atoms with van der Waals surface area (Å²) in [6.45, 7) is 0. The second-order valence-electron chi connectivity index (χ2n) is 3.04. The maximum atomic E-state index is 5.80. The predicted octanol–water partition coefficient (Wildman–Crippen LogP) is 3.03. The lowest BCUT2D eigenvalue weighted by atomic mass is 10.2. The Bertz CT molecular complexity index is 448. The van der Waals surface area contributed by atoms with E-state index in [0.717, 1.165) is 21.4 Å². The molecule has 2 nitrogen and oxygen atoms in total. The van der Waals surface area contributed by atoms with Crippen LogP contribution in [0.4, 0.5) is 0 Å².